The molecule has 0 aromatic heterocycles. The minimum Gasteiger partial charge on any atom is -0.322 e. The van der Waals surface area contributed by atoms with Crippen molar-refractivity contribution in [2.75, 3.05) is 5.32 Å². The van der Waals surface area contributed by atoms with Crippen molar-refractivity contribution in [1.29, 1.82) is 0 Å². The van der Waals surface area contributed by atoms with E-state index in [1.165, 1.54) is 18.2 Å². The second-order valence-corrected chi connectivity index (χ2v) is 4.53. The quantitative estimate of drug-likeness (QED) is 0.685. The van der Waals surface area contributed by atoms with Crippen molar-refractivity contribution < 1.29 is 9.72 Å². The molecule has 0 radical (unpaired) electrons. The molecule has 0 saturated heterocycles. The zero-order valence-corrected chi connectivity index (χ0v) is 11.2. The molecule has 0 aliphatic heterocycles. The minimum atomic E-state index is -0.460. The van der Waals surface area contributed by atoms with Gasteiger partial charge in [-0.05, 0) is 37.6 Å². The Bertz CT molecular complexity index is 681. The third-order valence-corrected chi connectivity index (χ3v) is 3.05. The summed E-state index contributed by atoms with van der Waals surface area (Å²) in [6, 6.07) is 11.8. The van der Waals surface area contributed by atoms with Gasteiger partial charge in [0.05, 0.1) is 4.92 Å². The van der Waals surface area contributed by atoms with E-state index in [-0.39, 0.29) is 11.6 Å². The van der Waals surface area contributed by atoms with Gasteiger partial charge >= 0.3 is 0 Å². The highest BCUT2D eigenvalue weighted by Gasteiger charge is 2.14. The molecule has 20 heavy (non-hydrogen) atoms. The van der Waals surface area contributed by atoms with Crippen molar-refractivity contribution in [3.63, 3.8) is 0 Å². The molecule has 1 N–H and O–H groups in total. The number of nitro benzene ring substituents is 1. The molecule has 0 spiro atoms. The van der Waals surface area contributed by atoms with Crippen LogP contribution in [0.2, 0.25) is 0 Å². The van der Waals surface area contributed by atoms with E-state index in [9.17, 15) is 14.9 Å². The Morgan fingerprint density at radius 3 is 2.40 bits per heavy atom. The smallest absolute Gasteiger partial charge is 0.272 e. The highest BCUT2D eigenvalue weighted by Crippen LogP contribution is 2.20. The van der Waals surface area contributed by atoms with Crippen LogP contribution in [0.15, 0.2) is 42.5 Å². The molecule has 0 fully saturated rings. The molecule has 102 valence electrons. The lowest BCUT2D eigenvalue weighted by Gasteiger charge is -2.08. The summed E-state index contributed by atoms with van der Waals surface area (Å²) in [4.78, 5) is 22.4. The number of para-hydroxylation sites is 1. The van der Waals surface area contributed by atoms with Crippen LogP contribution in [0.25, 0.3) is 0 Å². The van der Waals surface area contributed by atoms with E-state index in [1.54, 1.807) is 6.92 Å². The zero-order chi connectivity index (χ0) is 14.7. The summed E-state index contributed by atoms with van der Waals surface area (Å²) in [5.74, 6) is -0.280. The van der Waals surface area contributed by atoms with E-state index in [0.717, 1.165) is 11.3 Å². The fourth-order valence-electron chi connectivity index (χ4n) is 1.91. The molecule has 5 heteroatoms. The number of hydrogen-bond donors (Lipinski definition) is 1. The first-order valence-electron chi connectivity index (χ1n) is 6.11. The molecule has 0 aliphatic rings. The van der Waals surface area contributed by atoms with Gasteiger partial charge in [-0.15, -0.1) is 0 Å². The maximum Gasteiger partial charge on any atom is 0.272 e. The predicted molar refractivity (Wildman–Crippen MR) is 77.0 cm³/mol. The van der Waals surface area contributed by atoms with Crippen LogP contribution in [-0.4, -0.2) is 10.8 Å². The number of anilines is 1. The Morgan fingerprint density at radius 2 is 1.80 bits per heavy atom. The van der Waals surface area contributed by atoms with E-state index >= 15 is 0 Å². The van der Waals surface area contributed by atoms with Gasteiger partial charge in [0.25, 0.3) is 11.6 Å². The zero-order valence-electron chi connectivity index (χ0n) is 11.2. The molecule has 0 heterocycles. The highest BCUT2D eigenvalue weighted by molar-refractivity contribution is 6.04. The Labute approximate surface area is 116 Å². The lowest BCUT2D eigenvalue weighted by atomic mass is 10.1. The number of nitrogens with zero attached hydrogens (tertiary/aromatic N) is 1. The molecule has 5 nitrogen and oxygen atoms in total. The van der Waals surface area contributed by atoms with Crippen LogP contribution >= 0.6 is 0 Å². The molecule has 2 rings (SSSR count). The normalized spacial score (nSPS) is 10.1. The van der Waals surface area contributed by atoms with E-state index < -0.39 is 4.92 Å². The number of nitrogens with one attached hydrogen (secondary N) is 1. The van der Waals surface area contributed by atoms with Crippen LogP contribution in [-0.2, 0) is 0 Å². The van der Waals surface area contributed by atoms with Gasteiger partial charge in [0.15, 0.2) is 0 Å². The van der Waals surface area contributed by atoms with E-state index in [1.807, 2.05) is 31.2 Å². The first-order valence-corrected chi connectivity index (χ1v) is 6.11. The average molecular weight is 270 g/mol. The maximum atomic E-state index is 12.1. The fourth-order valence-corrected chi connectivity index (χ4v) is 1.91. The Kier molecular flexibility index (Phi) is 3.79. The van der Waals surface area contributed by atoms with Crippen molar-refractivity contribution in [2.24, 2.45) is 0 Å². The number of hydrogen-bond acceptors (Lipinski definition) is 3. The summed E-state index contributed by atoms with van der Waals surface area (Å²) in [6.07, 6.45) is 0. The average Bonchev–Trinajstić information content (AvgIpc) is 2.40. The molecular weight excluding hydrogens is 256 g/mol. The Balaban J connectivity index is 2.24. The maximum absolute atomic E-state index is 12.1. The standard InChI is InChI=1S/C15H14N2O3/c1-10-5-3-4-6-13(10)16-15(18)12-7-8-14(17(19)20)11(2)9-12/h3-9H,1-2H3,(H,16,18). The van der Waals surface area contributed by atoms with Gasteiger partial charge in [-0.2, -0.15) is 0 Å². The van der Waals surface area contributed by atoms with Crippen molar-refractivity contribution in [1.82, 2.24) is 0 Å². The van der Waals surface area contributed by atoms with Gasteiger partial charge < -0.3 is 5.32 Å². The topological polar surface area (TPSA) is 72.2 Å². The first kappa shape index (κ1) is 13.7. The Morgan fingerprint density at radius 1 is 1.10 bits per heavy atom. The number of rotatable bonds is 3. The second kappa shape index (κ2) is 5.52. The summed E-state index contributed by atoms with van der Waals surface area (Å²) in [7, 11) is 0. The van der Waals surface area contributed by atoms with Gasteiger partial charge in [-0.25, -0.2) is 0 Å². The summed E-state index contributed by atoms with van der Waals surface area (Å²) in [5.41, 5.74) is 2.56. The van der Waals surface area contributed by atoms with Crippen molar-refractivity contribution in [3.8, 4) is 0 Å². The van der Waals surface area contributed by atoms with Crippen molar-refractivity contribution in [3.05, 3.63) is 69.3 Å². The SMILES string of the molecule is Cc1ccccc1NC(=O)c1ccc([N+](=O)[O-])c(C)c1. The molecule has 2 aromatic rings. The van der Waals surface area contributed by atoms with Crippen LogP contribution in [0.1, 0.15) is 21.5 Å². The highest BCUT2D eigenvalue weighted by atomic mass is 16.6. The predicted octanol–water partition coefficient (Wildman–Crippen LogP) is 3.46. The van der Waals surface area contributed by atoms with E-state index in [4.69, 9.17) is 0 Å². The molecule has 0 atom stereocenters. The number of nitro groups is 1. The van der Waals surface area contributed by atoms with Crippen LogP contribution in [0.5, 0.6) is 0 Å². The van der Waals surface area contributed by atoms with Crippen molar-refractivity contribution in [2.45, 2.75) is 13.8 Å². The number of amides is 1. The van der Waals surface area contributed by atoms with Gasteiger partial charge in [-0.3, -0.25) is 14.9 Å². The number of carbonyl (C=O) groups is 1. The summed E-state index contributed by atoms with van der Waals surface area (Å²) in [5, 5.41) is 13.5. The van der Waals surface area contributed by atoms with Gasteiger partial charge in [0.2, 0.25) is 0 Å². The van der Waals surface area contributed by atoms with Crippen LogP contribution in [0, 0.1) is 24.0 Å². The monoisotopic (exact) mass is 270 g/mol. The molecule has 0 unspecified atom stereocenters. The fraction of sp³-hybridized carbons (Fsp3) is 0.133. The van der Waals surface area contributed by atoms with Gasteiger partial charge in [-0.1, -0.05) is 18.2 Å². The molecule has 0 bridgehead atoms. The number of carbonyl (C=O) groups excluding carboxylic acids is 1. The van der Waals surface area contributed by atoms with E-state index in [0.29, 0.717) is 11.1 Å². The summed E-state index contributed by atoms with van der Waals surface area (Å²) < 4.78 is 0. The first-order chi connectivity index (χ1) is 9.49. The van der Waals surface area contributed by atoms with Crippen LogP contribution in [0.4, 0.5) is 11.4 Å². The second-order valence-electron chi connectivity index (χ2n) is 4.53. The third kappa shape index (κ3) is 2.83. The summed E-state index contributed by atoms with van der Waals surface area (Å²) >= 11 is 0. The van der Waals surface area contributed by atoms with Gasteiger partial charge in [0.1, 0.15) is 0 Å². The lowest BCUT2D eigenvalue weighted by Crippen LogP contribution is -2.13. The number of benzene rings is 2. The van der Waals surface area contributed by atoms with E-state index in [2.05, 4.69) is 5.32 Å². The van der Waals surface area contributed by atoms with Gasteiger partial charge in [0, 0.05) is 22.9 Å². The largest absolute Gasteiger partial charge is 0.322 e. The molecule has 2 aromatic carbocycles. The molecule has 0 aliphatic carbocycles. The Hall–Kier alpha value is -2.69. The lowest BCUT2D eigenvalue weighted by molar-refractivity contribution is -0.385. The molecular formula is C15H14N2O3. The van der Waals surface area contributed by atoms with Crippen LogP contribution in [0.3, 0.4) is 0 Å². The third-order valence-electron chi connectivity index (χ3n) is 3.05. The van der Waals surface area contributed by atoms with Crippen LogP contribution < -0.4 is 5.32 Å². The number of aryl methyl sites for hydroxylation is 2. The summed E-state index contributed by atoms with van der Waals surface area (Å²) in [6.45, 7) is 3.51. The molecule has 1 amide bonds. The minimum absolute atomic E-state index is 0.0115. The van der Waals surface area contributed by atoms with Crippen molar-refractivity contribution >= 4 is 17.3 Å². The molecule has 0 saturated carbocycles.